The second-order valence-electron chi connectivity index (χ2n) is 4.63. The van der Waals surface area contributed by atoms with Crippen molar-refractivity contribution >= 4 is 11.8 Å². The molecular weight excluding hydrogens is 256 g/mol. The number of thioether (sulfide) groups is 1. The molecule has 5 nitrogen and oxygen atoms in total. The molecular formula is C12H24O5S. The van der Waals surface area contributed by atoms with E-state index in [0.29, 0.717) is 0 Å². The van der Waals surface area contributed by atoms with Crippen LogP contribution in [0.2, 0.25) is 0 Å². The van der Waals surface area contributed by atoms with Gasteiger partial charge in [0.25, 0.3) is 0 Å². The van der Waals surface area contributed by atoms with Crippen molar-refractivity contribution in [1.29, 1.82) is 0 Å². The van der Waals surface area contributed by atoms with E-state index in [1.165, 1.54) is 24.6 Å². The standard InChI is InChI=1S/C12H24O5S/c1-2-3-4-5-6-18-12-11(16)10(15)9(14)8(7-13)17-12/h8-16H,2-7H2,1H3/t8-,9+,10+,11-,12+/m1/s1. The SMILES string of the molecule is CCCCCCS[C@@H]1O[C@H](CO)[C@H](O)[C@H](O)[C@H]1O. The lowest BCUT2D eigenvalue weighted by Crippen LogP contribution is -2.57. The van der Waals surface area contributed by atoms with Crippen molar-refractivity contribution in [2.75, 3.05) is 12.4 Å². The van der Waals surface area contributed by atoms with Gasteiger partial charge in [-0.15, -0.1) is 11.8 Å². The highest BCUT2D eigenvalue weighted by Crippen LogP contribution is 2.29. The summed E-state index contributed by atoms with van der Waals surface area (Å²) in [5.41, 5.74) is -0.581. The molecule has 1 aliphatic rings. The Balaban J connectivity index is 2.35. The molecule has 0 unspecified atom stereocenters. The van der Waals surface area contributed by atoms with E-state index < -0.39 is 29.9 Å². The molecule has 18 heavy (non-hydrogen) atoms. The fraction of sp³-hybridized carbons (Fsp3) is 1.00. The first kappa shape index (κ1) is 16.2. The Labute approximate surface area is 112 Å². The summed E-state index contributed by atoms with van der Waals surface area (Å²) in [5, 5.41) is 38.0. The maximum Gasteiger partial charge on any atom is 0.132 e. The van der Waals surface area contributed by atoms with Gasteiger partial charge in [0.05, 0.1) is 6.61 Å². The number of hydrogen-bond donors (Lipinski definition) is 4. The van der Waals surface area contributed by atoms with Crippen LogP contribution in [0, 0.1) is 0 Å². The Bertz CT molecular complexity index is 227. The third kappa shape index (κ3) is 4.36. The average Bonchev–Trinajstić information content (AvgIpc) is 2.38. The van der Waals surface area contributed by atoms with Gasteiger partial charge in [-0.2, -0.15) is 0 Å². The first-order valence-electron chi connectivity index (χ1n) is 6.54. The summed E-state index contributed by atoms with van der Waals surface area (Å²) in [7, 11) is 0. The summed E-state index contributed by atoms with van der Waals surface area (Å²) in [6, 6.07) is 0. The van der Waals surface area contributed by atoms with Crippen LogP contribution >= 0.6 is 11.8 Å². The molecule has 5 atom stereocenters. The molecule has 1 heterocycles. The molecule has 0 spiro atoms. The number of rotatable bonds is 7. The van der Waals surface area contributed by atoms with E-state index in [1.54, 1.807) is 0 Å². The third-order valence-electron chi connectivity index (χ3n) is 3.13. The molecule has 1 fully saturated rings. The van der Waals surface area contributed by atoms with Crippen LogP contribution in [0.25, 0.3) is 0 Å². The highest BCUT2D eigenvalue weighted by atomic mass is 32.2. The van der Waals surface area contributed by atoms with Gasteiger partial charge in [0.1, 0.15) is 29.9 Å². The molecule has 0 saturated carbocycles. The zero-order valence-corrected chi connectivity index (χ0v) is 11.6. The summed E-state index contributed by atoms with van der Waals surface area (Å²) in [6.07, 6.45) is 0.107. The van der Waals surface area contributed by atoms with Crippen molar-refractivity contribution in [3.05, 3.63) is 0 Å². The summed E-state index contributed by atoms with van der Waals surface area (Å²) in [4.78, 5) is 0. The second kappa shape index (κ2) is 8.35. The predicted octanol–water partition coefficient (Wildman–Crippen LogP) is 0.0998. The van der Waals surface area contributed by atoms with Crippen LogP contribution in [-0.4, -0.2) is 62.6 Å². The second-order valence-corrected chi connectivity index (χ2v) is 5.83. The van der Waals surface area contributed by atoms with E-state index in [-0.39, 0.29) is 6.61 Å². The zero-order chi connectivity index (χ0) is 13.5. The minimum Gasteiger partial charge on any atom is -0.394 e. The maximum atomic E-state index is 9.79. The predicted molar refractivity (Wildman–Crippen MR) is 70.4 cm³/mol. The van der Waals surface area contributed by atoms with Crippen molar-refractivity contribution in [2.24, 2.45) is 0 Å². The monoisotopic (exact) mass is 280 g/mol. The summed E-state index contributed by atoms with van der Waals surface area (Å²) < 4.78 is 5.39. The molecule has 0 amide bonds. The molecule has 1 aliphatic heterocycles. The molecule has 4 N–H and O–H groups in total. The Hall–Kier alpha value is 0.150. The van der Waals surface area contributed by atoms with Crippen LogP contribution in [0.3, 0.4) is 0 Å². The van der Waals surface area contributed by atoms with E-state index in [0.717, 1.165) is 18.6 Å². The topological polar surface area (TPSA) is 90.2 Å². The maximum absolute atomic E-state index is 9.79. The highest BCUT2D eigenvalue weighted by Gasteiger charge is 2.43. The lowest BCUT2D eigenvalue weighted by molar-refractivity contribution is -0.205. The minimum atomic E-state index is -1.26. The quantitative estimate of drug-likeness (QED) is 0.495. The Kier molecular flexibility index (Phi) is 7.51. The smallest absolute Gasteiger partial charge is 0.132 e. The van der Waals surface area contributed by atoms with E-state index in [4.69, 9.17) is 9.84 Å². The number of aliphatic hydroxyl groups is 4. The van der Waals surface area contributed by atoms with Crippen molar-refractivity contribution in [3.8, 4) is 0 Å². The summed E-state index contributed by atoms with van der Waals surface area (Å²) in [6.45, 7) is 1.78. The van der Waals surface area contributed by atoms with Gasteiger partial charge in [0.15, 0.2) is 0 Å². The third-order valence-corrected chi connectivity index (χ3v) is 4.37. The Morgan fingerprint density at radius 2 is 1.72 bits per heavy atom. The van der Waals surface area contributed by atoms with Crippen LogP contribution in [0.5, 0.6) is 0 Å². The minimum absolute atomic E-state index is 0.363. The molecule has 0 aromatic heterocycles. The van der Waals surface area contributed by atoms with Gasteiger partial charge in [-0.1, -0.05) is 26.2 Å². The summed E-state index contributed by atoms with van der Waals surface area (Å²) >= 11 is 1.43. The van der Waals surface area contributed by atoms with Crippen molar-refractivity contribution in [1.82, 2.24) is 0 Å². The fourth-order valence-electron chi connectivity index (χ4n) is 1.93. The zero-order valence-electron chi connectivity index (χ0n) is 10.7. The molecule has 6 heteroatoms. The molecule has 1 saturated heterocycles. The highest BCUT2D eigenvalue weighted by molar-refractivity contribution is 7.99. The van der Waals surface area contributed by atoms with Crippen LogP contribution in [0.15, 0.2) is 0 Å². The van der Waals surface area contributed by atoms with Gasteiger partial charge >= 0.3 is 0 Å². The number of aliphatic hydroxyl groups excluding tert-OH is 4. The lowest BCUT2D eigenvalue weighted by atomic mass is 10.0. The largest absolute Gasteiger partial charge is 0.394 e. The Morgan fingerprint density at radius 1 is 1.00 bits per heavy atom. The molecule has 108 valence electrons. The van der Waals surface area contributed by atoms with E-state index in [1.807, 2.05) is 0 Å². The number of hydrogen-bond acceptors (Lipinski definition) is 6. The first-order chi connectivity index (χ1) is 8.61. The lowest BCUT2D eigenvalue weighted by Gasteiger charge is -2.39. The van der Waals surface area contributed by atoms with E-state index in [9.17, 15) is 15.3 Å². The average molecular weight is 280 g/mol. The Morgan fingerprint density at radius 3 is 2.33 bits per heavy atom. The van der Waals surface area contributed by atoms with Crippen LogP contribution in [-0.2, 0) is 4.74 Å². The van der Waals surface area contributed by atoms with Crippen LogP contribution < -0.4 is 0 Å². The summed E-state index contributed by atoms with van der Waals surface area (Å²) in [5.74, 6) is 0.836. The van der Waals surface area contributed by atoms with Gasteiger partial charge in [0, 0.05) is 0 Å². The molecule has 0 aromatic carbocycles. The molecule has 0 radical (unpaired) electrons. The van der Waals surface area contributed by atoms with Gasteiger partial charge in [-0.3, -0.25) is 0 Å². The molecule has 0 bridgehead atoms. The van der Waals surface area contributed by atoms with Crippen molar-refractivity contribution in [2.45, 2.75) is 62.5 Å². The van der Waals surface area contributed by atoms with Gasteiger partial charge in [-0.05, 0) is 12.2 Å². The van der Waals surface area contributed by atoms with Crippen LogP contribution in [0.1, 0.15) is 32.6 Å². The molecule has 0 aromatic rings. The number of ether oxygens (including phenoxy) is 1. The van der Waals surface area contributed by atoms with Gasteiger partial charge in [0.2, 0.25) is 0 Å². The van der Waals surface area contributed by atoms with Crippen LogP contribution in [0.4, 0.5) is 0 Å². The van der Waals surface area contributed by atoms with Crippen molar-refractivity contribution < 1.29 is 25.2 Å². The van der Waals surface area contributed by atoms with E-state index in [2.05, 4.69) is 6.92 Å². The molecule has 1 rings (SSSR count). The normalized spacial score (nSPS) is 36.8. The molecule has 0 aliphatic carbocycles. The fourth-order valence-corrected chi connectivity index (χ4v) is 3.12. The van der Waals surface area contributed by atoms with E-state index >= 15 is 0 Å². The van der Waals surface area contributed by atoms with Crippen molar-refractivity contribution in [3.63, 3.8) is 0 Å². The van der Waals surface area contributed by atoms with Gasteiger partial charge < -0.3 is 25.2 Å². The first-order valence-corrected chi connectivity index (χ1v) is 7.58. The van der Waals surface area contributed by atoms with Gasteiger partial charge in [-0.25, -0.2) is 0 Å². The number of unbranched alkanes of at least 4 members (excludes halogenated alkanes) is 3.